The second kappa shape index (κ2) is 11.3. The van der Waals surface area contributed by atoms with Crippen LogP contribution in [0.5, 0.6) is 0 Å². The van der Waals surface area contributed by atoms with E-state index in [0.29, 0.717) is 0 Å². The van der Waals surface area contributed by atoms with E-state index >= 15 is 0 Å². The smallest absolute Gasteiger partial charge is 0.335 e. The Kier molecular flexibility index (Phi) is 9.31. The molecule has 4 unspecified atom stereocenters. The lowest BCUT2D eigenvalue weighted by molar-refractivity contribution is -0.327. The van der Waals surface area contributed by atoms with E-state index in [9.17, 15) is 34.8 Å². The number of aliphatic hydroxyl groups excluding tert-OH is 3. The molecular formula is C20H31NO12. The van der Waals surface area contributed by atoms with E-state index in [4.69, 9.17) is 23.7 Å². The monoisotopic (exact) mass is 477 g/mol. The number of hydrogen-bond acceptors (Lipinski definition) is 11. The molecule has 13 nitrogen and oxygen atoms in total. The molecule has 2 aliphatic heterocycles. The van der Waals surface area contributed by atoms with Gasteiger partial charge in [0.25, 0.3) is 0 Å². The van der Waals surface area contributed by atoms with Gasteiger partial charge in [-0.2, -0.15) is 0 Å². The molecule has 2 fully saturated rings. The standard InChI is InChI=1S/C20H31NO12/c1-7(2)19(28)30-6-10-12(23)15(11(8(3)31-10)21-9(4)22)32-20-14(25)13(24)16(29-5)17(33-20)18(26)27/h8,10-17,20,23-25H,1,6H2,2-5H3,(H,21,22)(H,26,27)/t8-,10?,11?,12+,13+,14?,15+,16-,17?,20+/m0/s1. The summed E-state index contributed by atoms with van der Waals surface area (Å²) in [5.41, 5.74) is 0.136. The van der Waals surface area contributed by atoms with Crippen molar-refractivity contribution in [3.63, 3.8) is 0 Å². The minimum Gasteiger partial charge on any atom is -0.479 e. The van der Waals surface area contributed by atoms with Gasteiger partial charge in [-0.1, -0.05) is 6.58 Å². The molecule has 188 valence electrons. The molecule has 0 aliphatic carbocycles. The third-order valence-electron chi connectivity index (χ3n) is 5.42. The van der Waals surface area contributed by atoms with Gasteiger partial charge in [0.15, 0.2) is 12.4 Å². The minimum absolute atomic E-state index is 0.136. The Morgan fingerprint density at radius 3 is 2.18 bits per heavy atom. The Morgan fingerprint density at radius 2 is 1.67 bits per heavy atom. The number of methoxy groups -OCH3 is 1. The van der Waals surface area contributed by atoms with Crippen LogP contribution in [0.15, 0.2) is 12.2 Å². The summed E-state index contributed by atoms with van der Waals surface area (Å²) in [6, 6.07) is -0.957. The third-order valence-corrected chi connectivity index (χ3v) is 5.42. The SMILES string of the molecule is C=C(C)C(=O)OCC1O[C@@H](C)C(NC(C)=O)[C@@H](O[C@@H]2OC(C(=O)O)[C@@H](OC)[C@H](O)C2O)[C@@H]1O. The number of rotatable bonds is 8. The van der Waals surface area contributed by atoms with Crippen LogP contribution >= 0.6 is 0 Å². The van der Waals surface area contributed by atoms with Crippen LogP contribution in [0.4, 0.5) is 0 Å². The van der Waals surface area contributed by atoms with Crippen LogP contribution in [-0.2, 0) is 38.1 Å². The van der Waals surface area contributed by atoms with Crippen LogP contribution in [0.2, 0.25) is 0 Å². The number of aliphatic carboxylic acids is 1. The quantitative estimate of drug-likeness (QED) is 0.186. The molecule has 2 heterocycles. The predicted octanol–water partition coefficient (Wildman–Crippen LogP) is -2.31. The predicted molar refractivity (Wildman–Crippen MR) is 108 cm³/mol. The zero-order valence-corrected chi connectivity index (χ0v) is 18.7. The zero-order valence-electron chi connectivity index (χ0n) is 18.7. The van der Waals surface area contributed by atoms with Crippen LogP contribution in [0.25, 0.3) is 0 Å². The van der Waals surface area contributed by atoms with E-state index in [1.165, 1.54) is 13.8 Å². The summed E-state index contributed by atoms with van der Waals surface area (Å²) < 4.78 is 26.7. The molecule has 1 amide bonds. The van der Waals surface area contributed by atoms with Crippen LogP contribution in [0.1, 0.15) is 20.8 Å². The molecule has 10 atom stereocenters. The highest BCUT2D eigenvalue weighted by Crippen LogP contribution is 2.30. The highest BCUT2D eigenvalue weighted by molar-refractivity contribution is 5.86. The van der Waals surface area contributed by atoms with Gasteiger partial charge in [0.1, 0.15) is 43.2 Å². The van der Waals surface area contributed by atoms with E-state index in [2.05, 4.69) is 11.9 Å². The highest BCUT2D eigenvalue weighted by atomic mass is 16.7. The van der Waals surface area contributed by atoms with Gasteiger partial charge in [-0.25, -0.2) is 9.59 Å². The fraction of sp³-hybridized carbons (Fsp3) is 0.750. The molecule has 2 rings (SSSR count). The molecule has 33 heavy (non-hydrogen) atoms. The van der Waals surface area contributed by atoms with Crippen LogP contribution in [0.3, 0.4) is 0 Å². The van der Waals surface area contributed by atoms with Crippen molar-refractivity contribution in [2.24, 2.45) is 0 Å². The van der Waals surface area contributed by atoms with Crippen molar-refractivity contribution >= 4 is 17.8 Å². The van der Waals surface area contributed by atoms with Crippen molar-refractivity contribution in [3.8, 4) is 0 Å². The van der Waals surface area contributed by atoms with Gasteiger partial charge >= 0.3 is 11.9 Å². The summed E-state index contributed by atoms with van der Waals surface area (Å²) in [5, 5.41) is 43.6. The first-order chi connectivity index (χ1) is 15.4. The summed E-state index contributed by atoms with van der Waals surface area (Å²) in [6.07, 6.45) is -12.8. The molecular weight excluding hydrogens is 446 g/mol. The number of aliphatic hydroxyl groups is 3. The number of hydrogen-bond donors (Lipinski definition) is 5. The minimum atomic E-state index is -1.74. The summed E-state index contributed by atoms with van der Waals surface area (Å²) in [6.45, 7) is 7.34. The first-order valence-electron chi connectivity index (χ1n) is 10.2. The third kappa shape index (κ3) is 6.26. The van der Waals surface area contributed by atoms with Crippen LogP contribution in [0, 0.1) is 0 Å². The maximum absolute atomic E-state index is 11.7. The van der Waals surface area contributed by atoms with E-state index in [0.717, 1.165) is 7.11 Å². The van der Waals surface area contributed by atoms with Gasteiger partial charge < -0.3 is 49.4 Å². The zero-order chi connectivity index (χ0) is 25.0. The molecule has 2 aliphatic rings. The van der Waals surface area contributed by atoms with E-state index in [1.807, 2.05) is 0 Å². The largest absolute Gasteiger partial charge is 0.479 e. The molecule has 2 saturated heterocycles. The number of nitrogens with one attached hydrogen (secondary N) is 1. The average molecular weight is 477 g/mol. The molecule has 0 radical (unpaired) electrons. The van der Waals surface area contributed by atoms with Crippen molar-refractivity contribution in [2.75, 3.05) is 13.7 Å². The fourth-order valence-corrected chi connectivity index (χ4v) is 3.72. The number of amides is 1. The molecule has 13 heteroatoms. The Morgan fingerprint density at radius 1 is 1.03 bits per heavy atom. The lowest BCUT2D eigenvalue weighted by Gasteiger charge is -2.47. The number of carboxylic acid groups (broad SMARTS) is 1. The summed E-state index contributed by atoms with van der Waals surface area (Å²) in [7, 11) is 1.15. The van der Waals surface area contributed by atoms with Gasteiger partial charge in [-0.15, -0.1) is 0 Å². The molecule has 0 aromatic carbocycles. The van der Waals surface area contributed by atoms with Gasteiger partial charge in [0.2, 0.25) is 5.91 Å². The Bertz CT molecular complexity index is 745. The maximum Gasteiger partial charge on any atom is 0.335 e. The maximum atomic E-state index is 11.7. The second-order valence-electron chi connectivity index (χ2n) is 8.02. The molecule has 0 saturated carbocycles. The molecule has 0 spiro atoms. The first-order valence-corrected chi connectivity index (χ1v) is 10.2. The number of carboxylic acids is 1. The van der Waals surface area contributed by atoms with Crippen molar-refractivity contribution in [2.45, 2.75) is 81.9 Å². The van der Waals surface area contributed by atoms with Crippen LogP contribution in [-0.4, -0.2) is 113 Å². The topological polar surface area (TPSA) is 190 Å². The highest BCUT2D eigenvalue weighted by Gasteiger charge is 2.52. The van der Waals surface area contributed by atoms with Gasteiger partial charge in [-0.3, -0.25) is 4.79 Å². The lowest BCUT2D eigenvalue weighted by Crippen LogP contribution is -2.67. The fourth-order valence-electron chi connectivity index (χ4n) is 3.72. The normalized spacial score (nSPS) is 38.9. The average Bonchev–Trinajstić information content (AvgIpc) is 2.73. The summed E-state index contributed by atoms with van der Waals surface area (Å²) >= 11 is 0. The van der Waals surface area contributed by atoms with E-state index < -0.39 is 79.0 Å². The summed E-state index contributed by atoms with van der Waals surface area (Å²) in [5.74, 6) is -2.65. The molecule has 0 aromatic rings. The van der Waals surface area contributed by atoms with Crippen molar-refractivity contribution in [1.82, 2.24) is 5.32 Å². The number of carbonyl (C=O) groups is 3. The Labute approximate surface area is 190 Å². The number of esters is 1. The first kappa shape index (κ1) is 27.1. The number of carbonyl (C=O) groups excluding carboxylic acids is 2. The van der Waals surface area contributed by atoms with Crippen molar-refractivity contribution in [3.05, 3.63) is 12.2 Å². The van der Waals surface area contributed by atoms with E-state index in [-0.39, 0.29) is 12.2 Å². The van der Waals surface area contributed by atoms with Gasteiger partial charge in [0.05, 0.1) is 12.1 Å². The molecule has 0 aromatic heterocycles. The lowest BCUT2D eigenvalue weighted by atomic mass is 9.92. The number of ether oxygens (including phenoxy) is 5. The van der Waals surface area contributed by atoms with Gasteiger partial charge in [0, 0.05) is 19.6 Å². The van der Waals surface area contributed by atoms with Crippen molar-refractivity contribution in [1.29, 1.82) is 0 Å². The van der Waals surface area contributed by atoms with Crippen molar-refractivity contribution < 1.29 is 58.5 Å². The summed E-state index contributed by atoms with van der Waals surface area (Å²) in [4.78, 5) is 35.0. The van der Waals surface area contributed by atoms with Crippen LogP contribution < -0.4 is 5.32 Å². The molecule has 0 bridgehead atoms. The van der Waals surface area contributed by atoms with Gasteiger partial charge in [-0.05, 0) is 13.8 Å². The van der Waals surface area contributed by atoms with E-state index in [1.54, 1.807) is 6.92 Å². The second-order valence-corrected chi connectivity index (χ2v) is 8.02. The Hall–Kier alpha value is -2.13. The Balaban J connectivity index is 2.27. The molecule has 5 N–H and O–H groups in total.